The number of rotatable bonds is 4. The van der Waals surface area contributed by atoms with Crippen LogP contribution in [-0.2, 0) is 12.8 Å². The zero-order valence-electron chi connectivity index (χ0n) is 7.76. The van der Waals surface area contributed by atoms with Gasteiger partial charge in [0.2, 0.25) is 0 Å². The van der Waals surface area contributed by atoms with E-state index in [0.717, 1.165) is 17.5 Å². The van der Waals surface area contributed by atoms with Gasteiger partial charge in [-0.05, 0) is 36.6 Å². The summed E-state index contributed by atoms with van der Waals surface area (Å²) in [6.07, 6.45) is 1.28. The summed E-state index contributed by atoms with van der Waals surface area (Å²) in [5.41, 5.74) is 7.45. The molecule has 1 aromatic carbocycles. The summed E-state index contributed by atoms with van der Waals surface area (Å²) in [5.74, 6) is 0. The second kappa shape index (κ2) is 5.56. The molecule has 1 rings (SSSR count). The van der Waals surface area contributed by atoms with Gasteiger partial charge in [-0.1, -0.05) is 29.3 Å². The van der Waals surface area contributed by atoms with Gasteiger partial charge < -0.3 is 10.8 Å². The van der Waals surface area contributed by atoms with Crippen molar-refractivity contribution in [1.82, 2.24) is 0 Å². The molecule has 0 heterocycles. The topological polar surface area (TPSA) is 46.2 Å². The number of aliphatic hydroxyl groups excluding tert-OH is 1. The Labute approximate surface area is 93.6 Å². The van der Waals surface area contributed by atoms with E-state index in [-0.39, 0.29) is 6.61 Å². The Bertz CT molecular complexity index is 315. The van der Waals surface area contributed by atoms with Gasteiger partial charge in [0.15, 0.2) is 0 Å². The molecule has 2 nitrogen and oxygen atoms in total. The standard InChI is InChI=1S/C10H13Cl2NO/c11-9-2-1-7(3-5-13)8(4-6-14)10(9)12/h1-2,14H,3-6,13H2. The highest BCUT2D eigenvalue weighted by Crippen LogP contribution is 2.29. The van der Waals surface area contributed by atoms with Crippen molar-refractivity contribution in [3.05, 3.63) is 33.3 Å². The molecule has 0 amide bonds. The molecule has 0 bridgehead atoms. The normalized spacial score (nSPS) is 10.6. The summed E-state index contributed by atoms with van der Waals surface area (Å²) in [5, 5.41) is 9.95. The van der Waals surface area contributed by atoms with Crippen molar-refractivity contribution >= 4 is 23.2 Å². The van der Waals surface area contributed by atoms with Gasteiger partial charge in [0.1, 0.15) is 0 Å². The maximum absolute atomic E-state index is 8.89. The minimum absolute atomic E-state index is 0.0671. The zero-order valence-corrected chi connectivity index (χ0v) is 9.28. The minimum Gasteiger partial charge on any atom is -0.396 e. The average Bonchev–Trinajstić information content (AvgIpc) is 2.18. The van der Waals surface area contributed by atoms with Crippen LogP contribution in [0.5, 0.6) is 0 Å². The number of benzene rings is 1. The number of nitrogens with two attached hydrogens (primary N) is 1. The van der Waals surface area contributed by atoms with E-state index in [1.54, 1.807) is 6.07 Å². The molecule has 0 spiro atoms. The van der Waals surface area contributed by atoms with E-state index in [1.807, 2.05) is 6.07 Å². The van der Waals surface area contributed by atoms with E-state index in [2.05, 4.69) is 0 Å². The first-order valence-electron chi connectivity index (χ1n) is 4.47. The molecule has 0 radical (unpaired) electrons. The van der Waals surface area contributed by atoms with Gasteiger partial charge in [-0.3, -0.25) is 0 Å². The van der Waals surface area contributed by atoms with Gasteiger partial charge in [0.05, 0.1) is 10.0 Å². The van der Waals surface area contributed by atoms with Crippen LogP contribution in [0.15, 0.2) is 12.1 Å². The third-order valence-electron chi connectivity index (χ3n) is 2.07. The Morgan fingerprint density at radius 3 is 2.50 bits per heavy atom. The van der Waals surface area contributed by atoms with Crippen molar-refractivity contribution in [3.8, 4) is 0 Å². The van der Waals surface area contributed by atoms with E-state index in [1.165, 1.54) is 0 Å². The van der Waals surface area contributed by atoms with Gasteiger partial charge >= 0.3 is 0 Å². The highest BCUT2D eigenvalue weighted by molar-refractivity contribution is 6.42. The lowest BCUT2D eigenvalue weighted by Gasteiger charge is -2.10. The fourth-order valence-corrected chi connectivity index (χ4v) is 1.86. The first kappa shape index (κ1) is 11.8. The summed E-state index contributed by atoms with van der Waals surface area (Å²) in [6.45, 7) is 0.633. The quantitative estimate of drug-likeness (QED) is 0.837. The van der Waals surface area contributed by atoms with Gasteiger partial charge in [0.25, 0.3) is 0 Å². The Morgan fingerprint density at radius 2 is 1.93 bits per heavy atom. The summed E-state index contributed by atoms with van der Waals surface area (Å²) in [7, 11) is 0. The van der Waals surface area contributed by atoms with E-state index >= 15 is 0 Å². The van der Waals surface area contributed by atoms with Gasteiger partial charge in [-0.15, -0.1) is 0 Å². The molecular formula is C10H13Cl2NO. The van der Waals surface area contributed by atoms with Crippen molar-refractivity contribution in [2.45, 2.75) is 12.8 Å². The van der Waals surface area contributed by atoms with Crippen LogP contribution in [0.2, 0.25) is 10.0 Å². The van der Waals surface area contributed by atoms with Crippen molar-refractivity contribution in [2.75, 3.05) is 13.2 Å². The summed E-state index contributed by atoms with van der Waals surface area (Å²) >= 11 is 11.9. The SMILES string of the molecule is NCCc1ccc(Cl)c(Cl)c1CCO. The third kappa shape index (κ3) is 2.61. The molecule has 78 valence electrons. The van der Waals surface area contributed by atoms with Crippen molar-refractivity contribution in [3.63, 3.8) is 0 Å². The van der Waals surface area contributed by atoms with Crippen LogP contribution in [0.3, 0.4) is 0 Å². The van der Waals surface area contributed by atoms with Crippen molar-refractivity contribution in [2.24, 2.45) is 5.73 Å². The smallest absolute Gasteiger partial charge is 0.0627 e. The Hall–Kier alpha value is -0.280. The molecule has 0 aliphatic rings. The van der Waals surface area contributed by atoms with Crippen LogP contribution in [0, 0.1) is 0 Å². The zero-order chi connectivity index (χ0) is 10.6. The lowest BCUT2D eigenvalue weighted by Crippen LogP contribution is -2.07. The molecule has 0 atom stereocenters. The maximum Gasteiger partial charge on any atom is 0.0627 e. The fourth-order valence-electron chi connectivity index (χ4n) is 1.40. The van der Waals surface area contributed by atoms with Crippen LogP contribution in [0.1, 0.15) is 11.1 Å². The fraction of sp³-hybridized carbons (Fsp3) is 0.400. The highest BCUT2D eigenvalue weighted by atomic mass is 35.5. The highest BCUT2D eigenvalue weighted by Gasteiger charge is 2.09. The lowest BCUT2D eigenvalue weighted by atomic mass is 10.0. The molecule has 14 heavy (non-hydrogen) atoms. The lowest BCUT2D eigenvalue weighted by molar-refractivity contribution is 0.299. The van der Waals surface area contributed by atoms with E-state index in [9.17, 15) is 0 Å². The summed E-state index contributed by atoms with van der Waals surface area (Å²) in [6, 6.07) is 3.67. The first-order chi connectivity index (χ1) is 6.70. The Balaban J connectivity index is 3.08. The molecule has 0 fully saturated rings. The molecule has 0 saturated carbocycles. The maximum atomic E-state index is 8.89. The number of halogens is 2. The Kier molecular flexibility index (Phi) is 4.69. The molecule has 4 heteroatoms. The van der Waals surface area contributed by atoms with Crippen LogP contribution >= 0.6 is 23.2 Å². The number of hydrogen-bond donors (Lipinski definition) is 2. The van der Waals surface area contributed by atoms with E-state index < -0.39 is 0 Å². The van der Waals surface area contributed by atoms with Gasteiger partial charge in [0, 0.05) is 6.61 Å². The van der Waals surface area contributed by atoms with Crippen LogP contribution in [0.25, 0.3) is 0 Å². The predicted molar refractivity (Wildman–Crippen MR) is 60.0 cm³/mol. The molecule has 0 aromatic heterocycles. The van der Waals surface area contributed by atoms with Crippen LogP contribution in [0.4, 0.5) is 0 Å². The number of hydrogen-bond acceptors (Lipinski definition) is 2. The third-order valence-corrected chi connectivity index (χ3v) is 2.91. The molecule has 0 aliphatic heterocycles. The minimum atomic E-state index is 0.0671. The summed E-state index contributed by atoms with van der Waals surface area (Å²) in [4.78, 5) is 0. The van der Waals surface area contributed by atoms with Crippen LogP contribution in [-0.4, -0.2) is 18.3 Å². The molecule has 0 saturated heterocycles. The molecule has 0 aliphatic carbocycles. The van der Waals surface area contributed by atoms with Crippen molar-refractivity contribution < 1.29 is 5.11 Å². The molecular weight excluding hydrogens is 221 g/mol. The van der Waals surface area contributed by atoms with E-state index in [4.69, 9.17) is 34.0 Å². The molecule has 3 N–H and O–H groups in total. The predicted octanol–water partition coefficient (Wildman–Crippen LogP) is 2.03. The second-order valence-corrected chi connectivity index (χ2v) is 3.80. The second-order valence-electron chi connectivity index (χ2n) is 3.01. The molecule has 0 unspecified atom stereocenters. The Morgan fingerprint density at radius 1 is 1.21 bits per heavy atom. The average molecular weight is 234 g/mol. The van der Waals surface area contributed by atoms with Crippen LogP contribution < -0.4 is 5.73 Å². The van der Waals surface area contributed by atoms with Gasteiger partial charge in [-0.25, -0.2) is 0 Å². The largest absolute Gasteiger partial charge is 0.396 e. The van der Waals surface area contributed by atoms with E-state index in [0.29, 0.717) is 23.0 Å². The van der Waals surface area contributed by atoms with Crippen molar-refractivity contribution in [1.29, 1.82) is 0 Å². The monoisotopic (exact) mass is 233 g/mol. The molecule has 1 aromatic rings. The number of aliphatic hydroxyl groups is 1. The summed E-state index contributed by atoms with van der Waals surface area (Å²) < 4.78 is 0. The van der Waals surface area contributed by atoms with Gasteiger partial charge in [-0.2, -0.15) is 0 Å². The first-order valence-corrected chi connectivity index (χ1v) is 5.23.